The molecule has 1 unspecified atom stereocenters. The van der Waals surface area contributed by atoms with Gasteiger partial charge in [-0.15, -0.1) is 0 Å². The molecule has 1 aliphatic rings. The summed E-state index contributed by atoms with van der Waals surface area (Å²) < 4.78 is 24.0. The average molecular weight is 251 g/mol. The zero-order chi connectivity index (χ0) is 11.6. The molecular formula is C8H17N3O2S2. The van der Waals surface area contributed by atoms with Gasteiger partial charge in [-0.25, -0.2) is 8.42 Å². The molecule has 2 N–H and O–H groups in total. The van der Waals surface area contributed by atoms with Crippen molar-refractivity contribution in [2.45, 2.75) is 13.0 Å². The van der Waals surface area contributed by atoms with Gasteiger partial charge in [0.25, 0.3) is 0 Å². The lowest BCUT2D eigenvalue weighted by Crippen LogP contribution is -2.53. The molecule has 88 valence electrons. The minimum atomic E-state index is -3.05. The lowest BCUT2D eigenvalue weighted by atomic mass is 10.2. The van der Waals surface area contributed by atoms with Gasteiger partial charge in [-0.05, 0) is 6.92 Å². The predicted octanol–water partition coefficient (Wildman–Crippen LogP) is -0.762. The zero-order valence-electron chi connectivity index (χ0n) is 9.01. The van der Waals surface area contributed by atoms with E-state index in [4.69, 9.17) is 18.0 Å². The lowest BCUT2D eigenvalue weighted by molar-refractivity contribution is 0.175. The van der Waals surface area contributed by atoms with Crippen LogP contribution in [0.2, 0.25) is 0 Å². The maximum Gasteiger partial charge on any atom is 0.211 e. The van der Waals surface area contributed by atoms with Gasteiger partial charge in [0.1, 0.15) is 0 Å². The molecule has 0 amide bonds. The first-order valence-electron chi connectivity index (χ1n) is 4.81. The third kappa shape index (κ3) is 3.37. The van der Waals surface area contributed by atoms with E-state index >= 15 is 0 Å². The van der Waals surface area contributed by atoms with E-state index in [0.717, 1.165) is 0 Å². The Kier molecular flexibility index (Phi) is 4.05. The molecule has 0 saturated carbocycles. The van der Waals surface area contributed by atoms with E-state index in [1.807, 2.05) is 6.92 Å². The molecule has 1 fully saturated rings. The van der Waals surface area contributed by atoms with Crippen LogP contribution in [0, 0.1) is 0 Å². The number of hydrogen-bond donors (Lipinski definition) is 1. The molecule has 0 aliphatic carbocycles. The highest BCUT2D eigenvalue weighted by molar-refractivity contribution is 7.88. The number of nitrogens with two attached hydrogens (primary N) is 1. The average Bonchev–Trinajstić information content (AvgIpc) is 2.15. The van der Waals surface area contributed by atoms with E-state index in [0.29, 0.717) is 31.2 Å². The fourth-order valence-corrected chi connectivity index (χ4v) is 2.58. The van der Waals surface area contributed by atoms with Crippen molar-refractivity contribution in [2.24, 2.45) is 5.73 Å². The number of nitrogens with zero attached hydrogens (tertiary/aromatic N) is 2. The minimum Gasteiger partial charge on any atom is -0.392 e. The molecule has 7 heteroatoms. The van der Waals surface area contributed by atoms with Crippen LogP contribution in [0.5, 0.6) is 0 Å². The Bertz CT molecular complexity index is 334. The molecule has 0 bridgehead atoms. The van der Waals surface area contributed by atoms with Crippen molar-refractivity contribution in [1.82, 2.24) is 9.21 Å². The molecule has 15 heavy (non-hydrogen) atoms. The van der Waals surface area contributed by atoms with Crippen molar-refractivity contribution in [3.63, 3.8) is 0 Å². The molecule has 1 saturated heterocycles. The first kappa shape index (κ1) is 12.8. The number of thiocarbonyl (C=S) groups is 1. The van der Waals surface area contributed by atoms with Gasteiger partial charge in [0.2, 0.25) is 10.0 Å². The van der Waals surface area contributed by atoms with Crippen molar-refractivity contribution in [3.8, 4) is 0 Å². The van der Waals surface area contributed by atoms with Crippen molar-refractivity contribution in [1.29, 1.82) is 0 Å². The summed E-state index contributed by atoms with van der Waals surface area (Å²) in [4.78, 5) is 2.56. The quantitative estimate of drug-likeness (QED) is 0.668. The van der Waals surface area contributed by atoms with Crippen LogP contribution in [0.4, 0.5) is 0 Å². The summed E-state index contributed by atoms with van der Waals surface area (Å²) in [5.74, 6) is 0. The molecule has 1 rings (SSSR count). The summed E-state index contributed by atoms with van der Waals surface area (Å²) in [6.45, 7) is 4.35. The van der Waals surface area contributed by atoms with Crippen molar-refractivity contribution >= 4 is 27.2 Å². The number of piperazine rings is 1. The van der Waals surface area contributed by atoms with Gasteiger partial charge in [-0.2, -0.15) is 4.31 Å². The topological polar surface area (TPSA) is 66.6 Å². The van der Waals surface area contributed by atoms with Crippen molar-refractivity contribution < 1.29 is 8.42 Å². The SMILES string of the molecule is CC(C(N)=S)N1CCN(S(C)(=O)=O)CC1. The van der Waals surface area contributed by atoms with E-state index < -0.39 is 10.0 Å². The smallest absolute Gasteiger partial charge is 0.211 e. The van der Waals surface area contributed by atoms with Crippen molar-refractivity contribution in [2.75, 3.05) is 32.4 Å². The second-order valence-corrected chi connectivity index (χ2v) is 6.23. The second kappa shape index (κ2) is 4.73. The monoisotopic (exact) mass is 251 g/mol. The van der Waals surface area contributed by atoms with Crippen molar-refractivity contribution in [3.05, 3.63) is 0 Å². The molecule has 0 aromatic heterocycles. The van der Waals surface area contributed by atoms with Gasteiger partial charge in [-0.3, -0.25) is 4.90 Å². The maximum atomic E-state index is 11.3. The van der Waals surface area contributed by atoms with E-state index in [9.17, 15) is 8.42 Å². The Morgan fingerprint density at radius 2 is 1.80 bits per heavy atom. The van der Waals surface area contributed by atoms with E-state index in [1.165, 1.54) is 10.6 Å². The summed E-state index contributed by atoms with van der Waals surface area (Å²) in [7, 11) is -3.05. The van der Waals surface area contributed by atoms with Crippen LogP contribution in [0.1, 0.15) is 6.92 Å². The van der Waals surface area contributed by atoms with Gasteiger partial charge in [0.05, 0.1) is 17.3 Å². The molecule has 5 nitrogen and oxygen atoms in total. The highest BCUT2D eigenvalue weighted by Gasteiger charge is 2.26. The molecule has 0 spiro atoms. The summed E-state index contributed by atoms with van der Waals surface area (Å²) in [5, 5.41) is 0. The summed E-state index contributed by atoms with van der Waals surface area (Å²) in [5.41, 5.74) is 5.55. The standard InChI is InChI=1S/C8H17N3O2S2/c1-7(8(9)14)10-3-5-11(6-4-10)15(2,12)13/h7H,3-6H2,1-2H3,(H2,9,14). The van der Waals surface area contributed by atoms with Gasteiger partial charge in [0, 0.05) is 26.2 Å². The Morgan fingerprint density at radius 3 is 2.13 bits per heavy atom. The van der Waals surface area contributed by atoms with Gasteiger partial charge < -0.3 is 5.73 Å². The summed E-state index contributed by atoms with van der Waals surface area (Å²) in [6, 6.07) is 0.0433. The van der Waals surface area contributed by atoms with Crippen LogP contribution in [0.3, 0.4) is 0 Å². The Hall–Kier alpha value is -0.240. The molecule has 0 aromatic rings. The third-order valence-electron chi connectivity index (χ3n) is 2.70. The van der Waals surface area contributed by atoms with Crippen LogP contribution < -0.4 is 5.73 Å². The van der Waals surface area contributed by atoms with E-state index in [-0.39, 0.29) is 6.04 Å². The van der Waals surface area contributed by atoms with E-state index in [1.54, 1.807) is 0 Å². The molecular weight excluding hydrogens is 234 g/mol. The fourth-order valence-electron chi connectivity index (χ4n) is 1.60. The third-order valence-corrected chi connectivity index (χ3v) is 4.35. The molecule has 0 radical (unpaired) electrons. The zero-order valence-corrected chi connectivity index (χ0v) is 10.6. The van der Waals surface area contributed by atoms with Crippen LogP contribution in [0.25, 0.3) is 0 Å². The van der Waals surface area contributed by atoms with Crippen LogP contribution in [-0.4, -0.2) is 61.1 Å². The summed E-state index contributed by atoms with van der Waals surface area (Å²) >= 11 is 4.91. The van der Waals surface area contributed by atoms with Crippen LogP contribution in [0.15, 0.2) is 0 Å². The Balaban J connectivity index is 2.53. The molecule has 0 aromatic carbocycles. The van der Waals surface area contributed by atoms with Crippen LogP contribution >= 0.6 is 12.2 Å². The predicted molar refractivity (Wildman–Crippen MR) is 64.2 cm³/mol. The number of rotatable bonds is 3. The highest BCUT2D eigenvalue weighted by Crippen LogP contribution is 2.09. The molecule has 1 aliphatic heterocycles. The van der Waals surface area contributed by atoms with Gasteiger partial charge in [-0.1, -0.05) is 12.2 Å². The highest BCUT2D eigenvalue weighted by atomic mass is 32.2. The number of sulfonamides is 1. The largest absolute Gasteiger partial charge is 0.392 e. The van der Waals surface area contributed by atoms with Gasteiger partial charge in [0.15, 0.2) is 0 Å². The minimum absolute atomic E-state index is 0.0433. The van der Waals surface area contributed by atoms with E-state index in [2.05, 4.69) is 4.90 Å². The summed E-state index contributed by atoms with van der Waals surface area (Å²) in [6.07, 6.45) is 1.24. The fraction of sp³-hybridized carbons (Fsp3) is 0.875. The lowest BCUT2D eigenvalue weighted by Gasteiger charge is -2.36. The molecule has 1 heterocycles. The Morgan fingerprint density at radius 1 is 1.33 bits per heavy atom. The maximum absolute atomic E-state index is 11.3. The Labute approximate surface area is 96.3 Å². The van der Waals surface area contributed by atoms with Crippen LogP contribution in [-0.2, 0) is 10.0 Å². The molecule has 1 atom stereocenters. The normalized spacial score (nSPS) is 22.5. The second-order valence-electron chi connectivity index (χ2n) is 3.78. The first-order chi connectivity index (χ1) is 6.82. The first-order valence-corrected chi connectivity index (χ1v) is 7.06. The number of hydrogen-bond acceptors (Lipinski definition) is 4. The van der Waals surface area contributed by atoms with Gasteiger partial charge >= 0.3 is 0 Å².